The van der Waals surface area contributed by atoms with Gasteiger partial charge in [-0.15, -0.1) is 0 Å². The molecule has 0 aliphatic carbocycles. The van der Waals surface area contributed by atoms with Gasteiger partial charge in [0.25, 0.3) is 0 Å². The van der Waals surface area contributed by atoms with E-state index in [1.807, 2.05) is 56.7 Å². The van der Waals surface area contributed by atoms with Gasteiger partial charge in [-0.25, -0.2) is 9.59 Å². The van der Waals surface area contributed by atoms with E-state index in [0.717, 1.165) is 43.3 Å². The predicted octanol–water partition coefficient (Wildman–Crippen LogP) is 3.77. The summed E-state index contributed by atoms with van der Waals surface area (Å²) in [5.74, 6) is 0. The van der Waals surface area contributed by atoms with E-state index in [1.165, 1.54) is 7.11 Å². The molecular weight excluding hydrogens is 330 g/mol. The first kappa shape index (κ1) is 20.1. The van der Waals surface area contributed by atoms with Gasteiger partial charge in [0, 0.05) is 25.7 Å². The Hall–Kier alpha value is -2.24. The van der Waals surface area contributed by atoms with Crippen molar-refractivity contribution in [2.24, 2.45) is 7.05 Å². The standard InChI is InChI=1S/C20H31N3O3/c1-20(2,3)23(19(25)26-5)15-11-7-6-10-14-22-17-13-9-8-12-16(17)21(4)18(22)24/h8-9,12-13H,6-7,10-11,14-15H2,1-5H3. The van der Waals surface area contributed by atoms with Gasteiger partial charge in [-0.3, -0.25) is 9.13 Å². The van der Waals surface area contributed by atoms with E-state index >= 15 is 0 Å². The van der Waals surface area contributed by atoms with Gasteiger partial charge < -0.3 is 9.64 Å². The summed E-state index contributed by atoms with van der Waals surface area (Å²) < 4.78 is 8.43. The molecule has 0 unspecified atom stereocenters. The first-order valence-corrected chi connectivity index (χ1v) is 9.27. The third-order valence-corrected chi connectivity index (χ3v) is 4.77. The molecule has 1 heterocycles. The minimum absolute atomic E-state index is 0.0378. The van der Waals surface area contributed by atoms with Crippen molar-refractivity contribution in [2.75, 3.05) is 13.7 Å². The van der Waals surface area contributed by atoms with Gasteiger partial charge in [0.05, 0.1) is 18.1 Å². The van der Waals surface area contributed by atoms with Gasteiger partial charge in [0.2, 0.25) is 0 Å². The molecular formula is C20H31N3O3. The SMILES string of the molecule is COC(=O)N(CCCCCCn1c(=O)n(C)c2ccccc21)C(C)(C)C. The number of carbonyl (C=O) groups is 1. The Kier molecular flexibility index (Phi) is 6.51. The molecule has 0 bridgehead atoms. The van der Waals surface area contributed by atoms with Crippen LogP contribution in [0.5, 0.6) is 0 Å². The second kappa shape index (κ2) is 8.43. The summed E-state index contributed by atoms with van der Waals surface area (Å²) in [4.78, 5) is 26.0. The Morgan fingerprint density at radius 3 is 2.31 bits per heavy atom. The summed E-state index contributed by atoms with van der Waals surface area (Å²) in [5, 5.41) is 0. The molecule has 26 heavy (non-hydrogen) atoms. The maximum Gasteiger partial charge on any atom is 0.409 e. The molecule has 2 aromatic rings. The molecule has 0 saturated carbocycles. The highest BCUT2D eigenvalue weighted by molar-refractivity contribution is 5.75. The Labute approximate surface area is 155 Å². The highest BCUT2D eigenvalue weighted by Gasteiger charge is 2.26. The molecule has 0 saturated heterocycles. The molecule has 0 spiro atoms. The van der Waals surface area contributed by atoms with Crippen LogP contribution in [-0.4, -0.2) is 39.3 Å². The van der Waals surface area contributed by atoms with E-state index < -0.39 is 0 Å². The first-order chi connectivity index (χ1) is 12.3. The summed E-state index contributed by atoms with van der Waals surface area (Å²) in [6, 6.07) is 7.88. The number of methoxy groups -OCH3 is 1. The van der Waals surface area contributed by atoms with Crippen molar-refractivity contribution in [1.82, 2.24) is 14.0 Å². The number of aryl methyl sites for hydroxylation is 2. The average molecular weight is 361 g/mol. The van der Waals surface area contributed by atoms with Gasteiger partial charge in [0.15, 0.2) is 0 Å². The fraction of sp³-hybridized carbons (Fsp3) is 0.600. The largest absolute Gasteiger partial charge is 0.453 e. The lowest BCUT2D eigenvalue weighted by molar-refractivity contribution is 0.0825. The number of unbranched alkanes of at least 4 members (excludes halogenated alkanes) is 3. The van der Waals surface area contributed by atoms with E-state index in [1.54, 1.807) is 9.47 Å². The highest BCUT2D eigenvalue weighted by atomic mass is 16.5. The lowest BCUT2D eigenvalue weighted by atomic mass is 10.1. The number of ether oxygens (including phenoxy) is 1. The van der Waals surface area contributed by atoms with Crippen molar-refractivity contribution < 1.29 is 9.53 Å². The van der Waals surface area contributed by atoms with Crippen molar-refractivity contribution in [3.63, 3.8) is 0 Å². The smallest absolute Gasteiger partial charge is 0.409 e. The van der Waals surface area contributed by atoms with Crippen LogP contribution in [0.15, 0.2) is 29.1 Å². The molecule has 0 N–H and O–H groups in total. The Morgan fingerprint density at radius 1 is 1.08 bits per heavy atom. The molecule has 1 aromatic heterocycles. The van der Waals surface area contributed by atoms with Gasteiger partial charge in [-0.1, -0.05) is 25.0 Å². The van der Waals surface area contributed by atoms with Gasteiger partial charge in [-0.05, 0) is 45.7 Å². The number of hydrogen-bond acceptors (Lipinski definition) is 3. The van der Waals surface area contributed by atoms with E-state index in [4.69, 9.17) is 4.74 Å². The third kappa shape index (κ3) is 4.48. The van der Waals surface area contributed by atoms with E-state index in [9.17, 15) is 9.59 Å². The summed E-state index contributed by atoms with van der Waals surface area (Å²) in [5.41, 5.74) is 1.75. The molecule has 6 nitrogen and oxygen atoms in total. The molecule has 0 radical (unpaired) electrons. The van der Waals surface area contributed by atoms with E-state index in [-0.39, 0.29) is 17.3 Å². The number of carbonyl (C=O) groups excluding carboxylic acids is 1. The van der Waals surface area contributed by atoms with Crippen molar-refractivity contribution in [3.05, 3.63) is 34.7 Å². The van der Waals surface area contributed by atoms with Crippen LogP contribution in [0, 0.1) is 0 Å². The summed E-state index contributed by atoms with van der Waals surface area (Å²) in [6.07, 6.45) is 3.64. The van der Waals surface area contributed by atoms with Crippen LogP contribution < -0.4 is 5.69 Å². The third-order valence-electron chi connectivity index (χ3n) is 4.77. The summed E-state index contributed by atoms with van der Waals surface area (Å²) >= 11 is 0. The maximum absolute atomic E-state index is 12.4. The molecule has 2 rings (SSSR count). The summed E-state index contributed by atoms with van der Waals surface area (Å²) in [7, 11) is 3.23. The zero-order chi connectivity index (χ0) is 19.3. The van der Waals surface area contributed by atoms with Gasteiger partial charge >= 0.3 is 11.8 Å². The van der Waals surface area contributed by atoms with Crippen LogP contribution in [0.1, 0.15) is 46.5 Å². The Morgan fingerprint density at radius 2 is 1.69 bits per heavy atom. The van der Waals surface area contributed by atoms with Crippen LogP contribution >= 0.6 is 0 Å². The van der Waals surface area contributed by atoms with Crippen LogP contribution in [0.4, 0.5) is 4.79 Å². The number of imidazole rings is 1. The number of benzene rings is 1. The summed E-state index contributed by atoms with van der Waals surface area (Å²) in [6.45, 7) is 7.44. The fourth-order valence-electron chi connectivity index (χ4n) is 3.28. The quantitative estimate of drug-likeness (QED) is 0.706. The highest BCUT2D eigenvalue weighted by Crippen LogP contribution is 2.17. The predicted molar refractivity (Wildman–Crippen MR) is 105 cm³/mol. The van der Waals surface area contributed by atoms with E-state index in [0.29, 0.717) is 6.54 Å². The van der Waals surface area contributed by atoms with Crippen molar-refractivity contribution in [2.45, 2.75) is 58.5 Å². The molecule has 0 fully saturated rings. The van der Waals surface area contributed by atoms with Crippen molar-refractivity contribution in [1.29, 1.82) is 0 Å². The topological polar surface area (TPSA) is 56.5 Å². The van der Waals surface area contributed by atoms with Gasteiger partial charge in [-0.2, -0.15) is 0 Å². The maximum atomic E-state index is 12.4. The zero-order valence-corrected chi connectivity index (χ0v) is 16.6. The molecule has 144 valence electrons. The zero-order valence-electron chi connectivity index (χ0n) is 16.6. The minimum atomic E-state index is -0.278. The van der Waals surface area contributed by atoms with Crippen LogP contribution in [-0.2, 0) is 18.3 Å². The second-order valence-electron chi connectivity index (χ2n) is 7.69. The first-order valence-electron chi connectivity index (χ1n) is 9.27. The van der Waals surface area contributed by atoms with Crippen LogP contribution in [0.25, 0.3) is 11.0 Å². The van der Waals surface area contributed by atoms with E-state index in [2.05, 4.69) is 0 Å². The number of amides is 1. The number of aromatic nitrogens is 2. The molecule has 6 heteroatoms. The minimum Gasteiger partial charge on any atom is -0.453 e. The average Bonchev–Trinajstić information content (AvgIpc) is 2.84. The lowest BCUT2D eigenvalue weighted by Gasteiger charge is -2.34. The number of hydrogen-bond donors (Lipinski definition) is 0. The molecule has 1 amide bonds. The number of nitrogens with zero attached hydrogens (tertiary/aromatic N) is 3. The fourth-order valence-corrected chi connectivity index (χ4v) is 3.28. The number of fused-ring (bicyclic) bond motifs is 1. The normalized spacial score (nSPS) is 11.7. The molecule has 1 aromatic carbocycles. The monoisotopic (exact) mass is 361 g/mol. The lowest BCUT2D eigenvalue weighted by Crippen LogP contribution is -2.46. The number of rotatable bonds is 7. The number of para-hydroxylation sites is 2. The Bertz CT molecular complexity index is 799. The Balaban J connectivity index is 1.84. The van der Waals surface area contributed by atoms with Crippen molar-refractivity contribution in [3.8, 4) is 0 Å². The van der Waals surface area contributed by atoms with Gasteiger partial charge in [0.1, 0.15) is 0 Å². The van der Waals surface area contributed by atoms with Crippen LogP contribution in [0.3, 0.4) is 0 Å². The second-order valence-corrected chi connectivity index (χ2v) is 7.69. The van der Waals surface area contributed by atoms with Crippen LogP contribution in [0.2, 0.25) is 0 Å². The molecule has 0 atom stereocenters. The van der Waals surface area contributed by atoms with Crippen molar-refractivity contribution >= 4 is 17.1 Å². The molecule has 0 aliphatic heterocycles. The molecule has 0 aliphatic rings.